The molecule has 4 nitrogen and oxygen atoms in total. The van der Waals surface area contributed by atoms with Crippen LogP contribution < -0.4 is 10.5 Å². The van der Waals surface area contributed by atoms with E-state index < -0.39 is 0 Å². The predicted octanol–water partition coefficient (Wildman–Crippen LogP) is 3.14. The molecular formula is C17H20ClNO3. The van der Waals surface area contributed by atoms with E-state index in [4.69, 9.17) is 15.2 Å². The fourth-order valence-electron chi connectivity index (χ4n) is 2.86. The lowest BCUT2D eigenvalue weighted by Gasteiger charge is -2.32. The van der Waals surface area contributed by atoms with Crippen molar-refractivity contribution < 1.29 is 14.6 Å². The van der Waals surface area contributed by atoms with Gasteiger partial charge in [-0.1, -0.05) is 36.4 Å². The third kappa shape index (κ3) is 2.90. The maximum absolute atomic E-state index is 10.4. The molecule has 0 saturated heterocycles. The van der Waals surface area contributed by atoms with Crippen molar-refractivity contribution in [2.75, 3.05) is 13.7 Å². The summed E-state index contributed by atoms with van der Waals surface area (Å²) in [4.78, 5) is 0. The van der Waals surface area contributed by atoms with Crippen LogP contribution in [0.1, 0.15) is 28.9 Å². The van der Waals surface area contributed by atoms with E-state index in [1.165, 1.54) is 0 Å². The summed E-state index contributed by atoms with van der Waals surface area (Å²) in [6.07, 6.45) is 0.291. The molecule has 5 heteroatoms. The minimum absolute atomic E-state index is 0. The van der Waals surface area contributed by atoms with Gasteiger partial charge in [-0.2, -0.15) is 0 Å². The Kier molecular flexibility index (Phi) is 5.29. The highest BCUT2D eigenvalue weighted by Gasteiger charge is 2.30. The van der Waals surface area contributed by atoms with Gasteiger partial charge in [0.1, 0.15) is 0 Å². The van der Waals surface area contributed by atoms with Gasteiger partial charge in [-0.25, -0.2) is 0 Å². The summed E-state index contributed by atoms with van der Waals surface area (Å²) in [5.74, 6) is 0.677. The van der Waals surface area contributed by atoms with Gasteiger partial charge in [0.05, 0.1) is 19.3 Å². The van der Waals surface area contributed by atoms with Gasteiger partial charge in [-0.15, -0.1) is 12.4 Å². The van der Waals surface area contributed by atoms with Gasteiger partial charge < -0.3 is 20.3 Å². The zero-order valence-electron chi connectivity index (χ0n) is 12.4. The van der Waals surface area contributed by atoms with Gasteiger partial charge in [0, 0.05) is 18.5 Å². The van der Waals surface area contributed by atoms with Crippen LogP contribution in [-0.2, 0) is 11.2 Å². The smallest absolute Gasteiger partial charge is 0.161 e. The molecule has 118 valence electrons. The summed E-state index contributed by atoms with van der Waals surface area (Å²) in [5.41, 5.74) is 8.74. The molecule has 0 aliphatic carbocycles. The lowest BCUT2D eigenvalue weighted by molar-refractivity contribution is -0.0230. The van der Waals surface area contributed by atoms with Gasteiger partial charge in [-0.3, -0.25) is 0 Å². The second kappa shape index (κ2) is 7.01. The molecule has 2 aromatic carbocycles. The normalized spacial score (nSPS) is 19.9. The van der Waals surface area contributed by atoms with Crippen LogP contribution in [0.3, 0.4) is 0 Å². The fourth-order valence-corrected chi connectivity index (χ4v) is 2.86. The molecule has 2 aromatic rings. The number of phenols is 1. The summed E-state index contributed by atoms with van der Waals surface area (Å²) in [6.45, 7) is 0.377. The molecule has 0 saturated carbocycles. The zero-order chi connectivity index (χ0) is 14.8. The van der Waals surface area contributed by atoms with Gasteiger partial charge in [0.25, 0.3) is 0 Å². The topological polar surface area (TPSA) is 64.7 Å². The Bertz CT molecular complexity index is 633. The molecule has 22 heavy (non-hydrogen) atoms. The van der Waals surface area contributed by atoms with Crippen molar-refractivity contribution in [1.82, 2.24) is 0 Å². The first-order valence-corrected chi connectivity index (χ1v) is 7.03. The minimum Gasteiger partial charge on any atom is -0.504 e. The third-order valence-corrected chi connectivity index (χ3v) is 3.95. The molecule has 1 heterocycles. The molecule has 2 unspecified atom stereocenters. The fraction of sp³-hybridized carbons (Fsp3) is 0.294. The average Bonchev–Trinajstić information content (AvgIpc) is 2.55. The highest BCUT2D eigenvalue weighted by atomic mass is 35.5. The second-order valence-corrected chi connectivity index (χ2v) is 5.15. The van der Waals surface area contributed by atoms with Crippen LogP contribution in [0, 0.1) is 0 Å². The van der Waals surface area contributed by atoms with Crippen LogP contribution in [-0.4, -0.2) is 18.8 Å². The van der Waals surface area contributed by atoms with E-state index in [0.29, 0.717) is 18.7 Å². The van der Waals surface area contributed by atoms with Gasteiger partial charge in [0.2, 0.25) is 0 Å². The Morgan fingerprint density at radius 3 is 2.59 bits per heavy atom. The number of hydrogen-bond acceptors (Lipinski definition) is 4. The van der Waals surface area contributed by atoms with Crippen LogP contribution >= 0.6 is 12.4 Å². The number of ether oxygens (including phenoxy) is 2. The number of nitrogens with two attached hydrogens (primary N) is 1. The molecule has 0 bridgehead atoms. The van der Waals surface area contributed by atoms with E-state index in [9.17, 15) is 5.11 Å². The van der Waals surface area contributed by atoms with Crippen LogP contribution in [0.2, 0.25) is 0 Å². The van der Waals surface area contributed by atoms with E-state index in [1.807, 2.05) is 36.4 Å². The number of rotatable bonds is 3. The first kappa shape index (κ1) is 16.6. The molecule has 0 spiro atoms. The zero-order valence-corrected chi connectivity index (χ0v) is 13.2. The molecule has 1 aliphatic heterocycles. The van der Waals surface area contributed by atoms with Crippen LogP contribution in [0.25, 0.3) is 0 Å². The van der Waals surface area contributed by atoms with Crippen molar-refractivity contribution in [2.24, 2.45) is 5.73 Å². The van der Waals surface area contributed by atoms with E-state index in [0.717, 1.165) is 16.7 Å². The van der Waals surface area contributed by atoms with Gasteiger partial charge in [-0.05, 0) is 17.2 Å². The SMILES string of the molecule is COc1ccc2c(c1O)CC(c1ccccc1)OC2CN.Cl. The van der Waals surface area contributed by atoms with Crippen molar-refractivity contribution >= 4 is 12.4 Å². The quantitative estimate of drug-likeness (QED) is 0.911. The van der Waals surface area contributed by atoms with Crippen LogP contribution in [0.5, 0.6) is 11.5 Å². The second-order valence-electron chi connectivity index (χ2n) is 5.15. The number of methoxy groups -OCH3 is 1. The molecule has 3 rings (SSSR count). The summed E-state index contributed by atoms with van der Waals surface area (Å²) in [5, 5.41) is 10.4. The van der Waals surface area contributed by atoms with Crippen LogP contribution in [0.4, 0.5) is 0 Å². The Morgan fingerprint density at radius 2 is 1.95 bits per heavy atom. The van der Waals surface area contributed by atoms with E-state index >= 15 is 0 Å². The van der Waals surface area contributed by atoms with E-state index in [2.05, 4.69) is 0 Å². The Hall–Kier alpha value is -1.75. The summed E-state index contributed by atoms with van der Waals surface area (Å²) in [7, 11) is 1.55. The number of fused-ring (bicyclic) bond motifs is 1. The molecular weight excluding hydrogens is 302 g/mol. The maximum Gasteiger partial charge on any atom is 0.161 e. The minimum atomic E-state index is -0.212. The van der Waals surface area contributed by atoms with Crippen molar-refractivity contribution in [3.05, 3.63) is 59.2 Å². The summed E-state index contributed by atoms with van der Waals surface area (Å²) < 4.78 is 11.3. The van der Waals surface area contributed by atoms with Crippen LogP contribution in [0.15, 0.2) is 42.5 Å². The molecule has 2 atom stereocenters. The summed E-state index contributed by atoms with van der Waals surface area (Å²) in [6, 6.07) is 13.7. The standard InChI is InChI=1S/C17H19NO3.ClH/c1-20-14-8-7-12-13(17(14)19)9-15(21-16(12)10-18)11-5-3-2-4-6-11;/h2-8,15-16,19H,9-10,18H2,1H3;1H. The number of benzene rings is 2. The third-order valence-electron chi connectivity index (χ3n) is 3.95. The van der Waals surface area contributed by atoms with E-state index in [-0.39, 0.29) is 30.4 Å². The lowest BCUT2D eigenvalue weighted by Crippen LogP contribution is -2.25. The number of hydrogen-bond donors (Lipinski definition) is 2. The average molecular weight is 322 g/mol. The van der Waals surface area contributed by atoms with Crippen molar-refractivity contribution in [3.8, 4) is 11.5 Å². The van der Waals surface area contributed by atoms with Gasteiger partial charge >= 0.3 is 0 Å². The Morgan fingerprint density at radius 1 is 1.23 bits per heavy atom. The first-order valence-electron chi connectivity index (χ1n) is 7.03. The lowest BCUT2D eigenvalue weighted by atomic mass is 9.90. The summed E-state index contributed by atoms with van der Waals surface area (Å²) >= 11 is 0. The number of aromatic hydroxyl groups is 1. The molecule has 0 amide bonds. The number of halogens is 1. The maximum atomic E-state index is 10.4. The Labute approximate surface area is 136 Å². The largest absolute Gasteiger partial charge is 0.504 e. The van der Waals surface area contributed by atoms with Crippen molar-refractivity contribution in [1.29, 1.82) is 0 Å². The highest BCUT2D eigenvalue weighted by Crippen LogP contribution is 2.43. The number of phenolic OH excluding ortho intramolecular Hbond substituents is 1. The van der Waals surface area contributed by atoms with Crippen molar-refractivity contribution in [2.45, 2.75) is 18.6 Å². The molecule has 0 fully saturated rings. The van der Waals surface area contributed by atoms with Gasteiger partial charge in [0.15, 0.2) is 11.5 Å². The molecule has 0 radical (unpaired) electrons. The monoisotopic (exact) mass is 321 g/mol. The highest BCUT2D eigenvalue weighted by molar-refractivity contribution is 5.85. The predicted molar refractivity (Wildman–Crippen MR) is 87.7 cm³/mol. The first-order chi connectivity index (χ1) is 10.2. The molecule has 1 aliphatic rings. The molecule has 0 aromatic heterocycles. The Balaban J connectivity index is 0.00000176. The van der Waals surface area contributed by atoms with E-state index in [1.54, 1.807) is 13.2 Å². The molecule has 3 N–H and O–H groups in total. The van der Waals surface area contributed by atoms with Crippen molar-refractivity contribution in [3.63, 3.8) is 0 Å².